The van der Waals surface area contributed by atoms with E-state index in [1.54, 1.807) is 18.7 Å². The molecular formula is C12H20N4O3. The summed E-state index contributed by atoms with van der Waals surface area (Å²) in [6.07, 6.45) is 2.02. The van der Waals surface area contributed by atoms with Gasteiger partial charge in [0, 0.05) is 20.1 Å². The van der Waals surface area contributed by atoms with E-state index in [4.69, 9.17) is 0 Å². The molecular weight excluding hydrogens is 248 g/mol. The molecule has 1 fully saturated rings. The van der Waals surface area contributed by atoms with Gasteiger partial charge in [0.15, 0.2) is 0 Å². The van der Waals surface area contributed by atoms with E-state index in [1.807, 2.05) is 11.8 Å². The number of nitro groups is 1. The SMILES string of the molecule is CCCc1nn(C)c(N2CCC(C)(O)C2)c1[N+](=O)[O-]. The van der Waals surface area contributed by atoms with Gasteiger partial charge >= 0.3 is 5.69 Å². The predicted molar refractivity (Wildman–Crippen MR) is 71.3 cm³/mol. The van der Waals surface area contributed by atoms with E-state index < -0.39 is 5.60 Å². The van der Waals surface area contributed by atoms with Crippen molar-refractivity contribution in [2.45, 2.75) is 38.7 Å². The molecule has 1 aromatic rings. The fraction of sp³-hybridized carbons (Fsp3) is 0.750. The zero-order valence-electron chi connectivity index (χ0n) is 11.6. The number of anilines is 1. The summed E-state index contributed by atoms with van der Waals surface area (Å²) in [4.78, 5) is 12.8. The van der Waals surface area contributed by atoms with Gasteiger partial charge in [0.1, 0.15) is 5.69 Å². The standard InChI is InChI=1S/C12H20N4O3/c1-4-5-9-10(16(18)19)11(14(3)13-9)15-7-6-12(2,17)8-15/h17H,4-8H2,1-3H3. The Morgan fingerprint density at radius 2 is 2.26 bits per heavy atom. The smallest absolute Gasteiger partial charge is 0.334 e. The minimum absolute atomic E-state index is 0.0852. The van der Waals surface area contributed by atoms with Crippen LogP contribution >= 0.6 is 0 Å². The highest BCUT2D eigenvalue weighted by atomic mass is 16.6. The Morgan fingerprint density at radius 1 is 1.58 bits per heavy atom. The Bertz CT molecular complexity index is 495. The van der Waals surface area contributed by atoms with Gasteiger partial charge in [0.2, 0.25) is 5.82 Å². The van der Waals surface area contributed by atoms with Crippen molar-refractivity contribution in [3.8, 4) is 0 Å². The molecule has 1 atom stereocenters. The second-order valence-electron chi connectivity index (χ2n) is 5.42. The fourth-order valence-electron chi connectivity index (χ4n) is 2.63. The van der Waals surface area contributed by atoms with E-state index >= 15 is 0 Å². The molecule has 7 heteroatoms. The van der Waals surface area contributed by atoms with Crippen molar-refractivity contribution in [1.82, 2.24) is 9.78 Å². The van der Waals surface area contributed by atoms with Crippen LogP contribution < -0.4 is 4.90 Å². The largest absolute Gasteiger partial charge is 0.388 e. The van der Waals surface area contributed by atoms with Crippen LogP contribution in [0, 0.1) is 10.1 Å². The molecule has 0 aliphatic carbocycles. The van der Waals surface area contributed by atoms with Crippen LogP contribution in [0.15, 0.2) is 0 Å². The molecule has 0 saturated carbocycles. The number of hydrogen-bond acceptors (Lipinski definition) is 5. The number of β-amino-alcohol motifs (C(OH)–C–C–N with tert-alkyl or cyclic N) is 1. The van der Waals surface area contributed by atoms with Gasteiger partial charge in [-0.3, -0.25) is 10.1 Å². The van der Waals surface area contributed by atoms with Crippen LogP contribution in [0.1, 0.15) is 32.4 Å². The molecule has 1 unspecified atom stereocenters. The maximum absolute atomic E-state index is 11.3. The molecule has 106 valence electrons. The van der Waals surface area contributed by atoms with E-state index in [1.165, 1.54) is 0 Å². The van der Waals surface area contributed by atoms with Gasteiger partial charge in [-0.25, -0.2) is 4.68 Å². The third kappa shape index (κ3) is 2.56. The molecule has 1 aromatic heterocycles. The summed E-state index contributed by atoms with van der Waals surface area (Å²) in [6, 6.07) is 0. The minimum atomic E-state index is -0.789. The lowest BCUT2D eigenvalue weighted by Crippen LogP contribution is -2.30. The van der Waals surface area contributed by atoms with E-state index in [-0.39, 0.29) is 10.6 Å². The van der Waals surface area contributed by atoms with Crippen molar-refractivity contribution >= 4 is 11.5 Å². The lowest BCUT2D eigenvalue weighted by molar-refractivity contribution is -0.384. The first-order chi connectivity index (χ1) is 8.85. The van der Waals surface area contributed by atoms with E-state index in [0.29, 0.717) is 37.4 Å². The van der Waals surface area contributed by atoms with Crippen molar-refractivity contribution < 1.29 is 10.0 Å². The molecule has 1 N–H and O–H groups in total. The molecule has 1 saturated heterocycles. The van der Waals surface area contributed by atoms with Gasteiger partial charge in [-0.1, -0.05) is 13.3 Å². The quantitative estimate of drug-likeness (QED) is 0.656. The third-order valence-corrected chi connectivity index (χ3v) is 3.48. The maximum Gasteiger partial charge on any atom is 0.334 e. The van der Waals surface area contributed by atoms with Crippen LogP contribution in [0.2, 0.25) is 0 Å². The Hall–Kier alpha value is -1.63. The second kappa shape index (κ2) is 4.80. The van der Waals surface area contributed by atoms with E-state index in [9.17, 15) is 15.2 Å². The van der Waals surface area contributed by atoms with E-state index in [0.717, 1.165) is 6.42 Å². The van der Waals surface area contributed by atoms with Crippen LogP contribution in [0.4, 0.5) is 11.5 Å². The van der Waals surface area contributed by atoms with Crippen molar-refractivity contribution in [3.63, 3.8) is 0 Å². The number of aliphatic hydroxyl groups is 1. The molecule has 0 radical (unpaired) electrons. The van der Waals surface area contributed by atoms with Gasteiger partial charge in [-0.05, 0) is 19.8 Å². The molecule has 2 heterocycles. The van der Waals surface area contributed by atoms with E-state index in [2.05, 4.69) is 5.10 Å². The van der Waals surface area contributed by atoms with Gasteiger partial charge in [0.25, 0.3) is 0 Å². The summed E-state index contributed by atoms with van der Waals surface area (Å²) in [5.41, 5.74) is -0.179. The van der Waals surface area contributed by atoms with Crippen LogP contribution in [0.25, 0.3) is 0 Å². The molecule has 1 aliphatic heterocycles. The highest BCUT2D eigenvalue weighted by Gasteiger charge is 2.38. The zero-order valence-corrected chi connectivity index (χ0v) is 11.6. The van der Waals surface area contributed by atoms with Gasteiger partial charge in [-0.2, -0.15) is 5.10 Å². The summed E-state index contributed by atoms with van der Waals surface area (Å²) >= 11 is 0. The molecule has 0 spiro atoms. The van der Waals surface area contributed by atoms with Crippen molar-refractivity contribution in [3.05, 3.63) is 15.8 Å². The first-order valence-electron chi connectivity index (χ1n) is 6.53. The number of nitrogens with zero attached hydrogens (tertiary/aromatic N) is 4. The van der Waals surface area contributed by atoms with Crippen molar-refractivity contribution in [1.29, 1.82) is 0 Å². The number of aryl methyl sites for hydroxylation is 2. The van der Waals surface area contributed by atoms with Gasteiger partial charge < -0.3 is 10.0 Å². The Balaban J connectivity index is 2.42. The molecule has 19 heavy (non-hydrogen) atoms. The highest BCUT2D eigenvalue weighted by Crippen LogP contribution is 2.35. The van der Waals surface area contributed by atoms with Crippen LogP contribution in [0.3, 0.4) is 0 Å². The average molecular weight is 268 g/mol. The fourth-order valence-corrected chi connectivity index (χ4v) is 2.63. The minimum Gasteiger partial charge on any atom is -0.388 e. The highest BCUT2D eigenvalue weighted by molar-refractivity contribution is 5.62. The average Bonchev–Trinajstić information content (AvgIpc) is 2.79. The number of hydrogen-bond donors (Lipinski definition) is 1. The number of rotatable bonds is 4. The molecule has 0 amide bonds. The Morgan fingerprint density at radius 3 is 2.74 bits per heavy atom. The first kappa shape index (κ1) is 13.8. The summed E-state index contributed by atoms with van der Waals surface area (Å²) < 4.78 is 1.56. The summed E-state index contributed by atoms with van der Waals surface area (Å²) in [7, 11) is 1.72. The van der Waals surface area contributed by atoms with Crippen LogP contribution in [0.5, 0.6) is 0 Å². The Labute approximate surface area is 112 Å². The molecule has 7 nitrogen and oxygen atoms in total. The lowest BCUT2D eigenvalue weighted by Gasteiger charge is -2.19. The summed E-state index contributed by atoms with van der Waals surface area (Å²) in [5.74, 6) is 0.506. The van der Waals surface area contributed by atoms with Crippen LogP contribution in [-0.2, 0) is 13.5 Å². The topological polar surface area (TPSA) is 84.4 Å². The van der Waals surface area contributed by atoms with Crippen molar-refractivity contribution in [2.24, 2.45) is 7.05 Å². The molecule has 1 aliphatic rings. The predicted octanol–water partition coefficient (Wildman–Crippen LogP) is 1.24. The lowest BCUT2D eigenvalue weighted by atomic mass is 10.1. The van der Waals surface area contributed by atoms with Gasteiger partial charge in [-0.15, -0.1) is 0 Å². The van der Waals surface area contributed by atoms with Crippen LogP contribution in [-0.4, -0.2) is 38.5 Å². The number of aromatic nitrogens is 2. The molecule has 2 rings (SSSR count). The third-order valence-electron chi connectivity index (χ3n) is 3.48. The first-order valence-corrected chi connectivity index (χ1v) is 6.53. The normalized spacial score (nSPS) is 23.1. The summed E-state index contributed by atoms with van der Waals surface area (Å²) in [6.45, 7) is 4.73. The monoisotopic (exact) mass is 268 g/mol. The van der Waals surface area contributed by atoms with Crippen molar-refractivity contribution in [2.75, 3.05) is 18.0 Å². The second-order valence-corrected chi connectivity index (χ2v) is 5.42. The molecule has 0 aromatic carbocycles. The maximum atomic E-state index is 11.3. The van der Waals surface area contributed by atoms with Gasteiger partial charge in [0.05, 0.1) is 10.5 Å². The molecule has 0 bridgehead atoms. The zero-order chi connectivity index (χ0) is 14.2. The summed E-state index contributed by atoms with van der Waals surface area (Å²) in [5, 5.41) is 25.6. The Kier molecular flexibility index (Phi) is 3.49.